The number of hydrogen-bond acceptors (Lipinski definition) is 4. The molecule has 0 bridgehead atoms. The normalized spacial score (nSPS) is 17.3. The van der Waals surface area contributed by atoms with Crippen LogP contribution < -0.4 is 4.90 Å². The number of benzene rings is 1. The van der Waals surface area contributed by atoms with Gasteiger partial charge < -0.3 is 15.0 Å². The SMILES string of the molecule is O=C(O)C1CC=CN(c2ncnc3cccc(-c4cc[nH]c4)c23)C1. The average Bonchev–Trinajstić information content (AvgIpc) is 3.15. The van der Waals surface area contributed by atoms with Gasteiger partial charge in [-0.15, -0.1) is 0 Å². The molecule has 120 valence electrons. The molecule has 1 atom stereocenters. The van der Waals surface area contributed by atoms with Gasteiger partial charge in [-0.3, -0.25) is 4.79 Å². The fourth-order valence-electron chi connectivity index (χ4n) is 3.10. The predicted octanol–water partition coefficient (Wildman–Crippen LogP) is 3.05. The summed E-state index contributed by atoms with van der Waals surface area (Å²) in [6.45, 7) is 0.402. The largest absolute Gasteiger partial charge is 0.481 e. The van der Waals surface area contributed by atoms with Crippen LogP contribution in [0.4, 0.5) is 5.82 Å². The molecule has 6 heteroatoms. The number of carbonyl (C=O) groups is 1. The molecule has 2 aromatic heterocycles. The molecule has 1 aliphatic heterocycles. The van der Waals surface area contributed by atoms with Crippen molar-refractivity contribution in [3.8, 4) is 11.1 Å². The zero-order valence-corrected chi connectivity index (χ0v) is 12.9. The Morgan fingerprint density at radius 1 is 1.29 bits per heavy atom. The number of aromatic amines is 1. The van der Waals surface area contributed by atoms with Crippen molar-refractivity contribution in [2.45, 2.75) is 6.42 Å². The van der Waals surface area contributed by atoms with Gasteiger partial charge >= 0.3 is 5.97 Å². The van der Waals surface area contributed by atoms with E-state index in [0.29, 0.717) is 13.0 Å². The molecule has 0 fully saturated rings. The van der Waals surface area contributed by atoms with Crippen LogP contribution in [-0.2, 0) is 4.79 Å². The Morgan fingerprint density at radius 2 is 2.21 bits per heavy atom. The molecule has 0 radical (unpaired) electrons. The predicted molar refractivity (Wildman–Crippen MR) is 91.6 cm³/mol. The molecule has 0 saturated heterocycles. The van der Waals surface area contributed by atoms with Crippen LogP contribution >= 0.6 is 0 Å². The van der Waals surface area contributed by atoms with Crippen LogP contribution in [0.25, 0.3) is 22.0 Å². The minimum absolute atomic E-state index is 0.402. The minimum Gasteiger partial charge on any atom is -0.481 e. The topological polar surface area (TPSA) is 82.1 Å². The van der Waals surface area contributed by atoms with E-state index in [-0.39, 0.29) is 0 Å². The molecule has 3 aromatic rings. The van der Waals surface area contributed by atoms with Crippen LogP contribution in [0.3, 0.4) is 0 Å². The molecule has 2 N–H and O–H groups in total. The maximum absolute atomic E-state index is 11.4. The highest BCUT2D eigenvalue weighted by atomic mass is 16.4. The van der Waals surface area contributed by atoms with E-state index >= 15 is 0 Å². The van der Waals surface area contributed by atoms with Crippen molar-refractivity contribution in [3.05, 3.63) is 55.3 Å². The summed E-state index contributed by atoms with van der Waals surface area (Å²) in [6.07, 6.45) is 9.66. The number of H-pyrrole nitrogens is 1. The third-order valence-electron chi connectivity index (χ3n) is 4.30. The summed E-state index contributed by atoms with van der Waals surface area (Å²) in [5.41, 5.74) is 2.91. The van der Waals surface area contributed by atoms with E-state index in [9.17, 15) is 9.90 Å². The van der Waals surface area contributed by atoms with Crippen LogP contribution in [0.1, 0.15) is 6.42 Å². The first kappa shape index (κ1) is 14.4. The van der Waals surface area contributed by atoms with Gasteiger partial charge in [0.2, 0.25) is 0 Å². The molecular formula is C18H16N4O2. The number of nitrogens with one attached hydrogen (secondary N) is 1. The summed E-state index contributed by atoms with van der Waals surface area (Å²) < 4.78 is 0. The standard InChI is InChI=1S/C18H16N4O2/c23-18(24)13-3-2-8-22(10-13)17-16-14(12-6-7-19-9-12)4-1-5-15(16)20-11-21-17/h1-2,4-9,11,13,19H,3,10H2,(H,23,24). The van der Waals surface area contributed by atoms with E-state index in [0.717, 1.165) is 27.8 Å². The number of aromatic nitrogens is 3. The smallest absolute Gasteiger partial charge is 0.308 e. The van der Waals surface area contributed by atoms with Gasteiger partial charge in [-0.25, -0.2) is 9.97 Å². The monoisotopic (exact) mass is 320 g/mol. The number of aliphatic carboxylic acids is 1. The molecule has 4 rings (SSSR count). The van der Waals surface area contributed by atoms with Gasteiger partial charge in [0, 0.05) is 25.1 Å². The number of fused-ring (bicyclic) bond motifs is 1. The fourth-order valence-corrected chi connectivity index (χ4v) is 3.10. The molecule has 0 aliphatic carbocycles. The Bertz CT molecular complexity index is 913. The minimum atomic E-state index is -0.784. The van der Waals surface area contributed by atoms with Crippen molar-refractivity contribution in [2.24, 2.45) is 5.92 Å². The van der Waals surface area contributed by atoms with Gasteiger partial charge in [-0.1, -0.05) is 18.2 Å². The van der Waals surface area contributed by atoms with E-state index in [1.807, 2.05) is 53.8 Å². The molecule has 6 nitrogen and oxygen atoms in total. The Hall–Kier alpha value is -3.15. The Kier molecular flexibility index (Phi) is 3.49. The van der Waals surface area contributed by atoms with Gasteiger partial charge in [0.15, 0.2) is 0 Å². The van der Waals surface area contributed by atoms with E-state index < -0.39 is 11.9 Å². The number of carboxylic acid groups (broad SMARTS) is 1. The Morgan fingerprint density at radius 3 is 3.00 bits per heavy atom. The highest BCUT2D eigenvalue weighted by Crippen LogP contribution is 2.34. The van der Waals surface area contributed by atoms with E-state index in [2.05, 4.69) is 15.0 Å². The number of rotatable bonds is 3. The quantitative estimate of drug-likeness (QED) is 0.775. The average molecular weight is 320 g/mol. The lowest BCUT2D eigenvalue weighted by atomic mass is 10.00. The van der Waals surface area contributed by atoms with Crippen molar-refractivity contribution in [3.63, 3.8) is 0 Å². The maximum atomic E-state index is 11.4. The summed E-state index contributed by atoms with van der Waals surface area (Å²) >= 11 is 0. The summed E-state index contributed by atoms with van der Waals surface area (Å²) in [7, 11) is 0. The van der Waals surface area contributed by atoms with Gasteiger partial charge in [0.1, 0.15) is 12.1 Å². The van der Waals surface area contributed by atoms with Crippen LogP contribution in [0, 0.1) is 5.92 Å². The van der Waals surface area contributed by atoms with Crippen LogP contribution in [0.5, 0.6) is 0 Å². The Labute approximate surface area is 138 Å². The molecule has 1 aromatic carbocycles. The lowest BCUT2D eigenvalue weighted by Crippen LogP contribution is -2.32. The van der Waals surface area contributed by atoms with Crippen molar-refractivity contribution in [2.75, 3.05) is 11.4 Å². The van der Waals surface area contributed by atoms with Gasteiger partial charge in [0.05, 0.1) is 16.8 Å². The molecule has 1 aliphatic rings. The Balaban J connectivity index is 1.88. The summed E-state index contributed by atoms with van der Waals surface area (Å²) in [5, 5.41) is 10.2. The molecule has 1 unspecified atom stereocenters. The second-order valence-corrected chi connectivity index (χ2v) is 5.80. The van der Waals surface area contributed by atoms with E-state index in [1.54, 1.807) is 0 Å². The summed E-state index contributed by atoms with van der Waals surface area (Å²) in [4.78, 5) is 25.2. The number of hydrogen-bond donors (Lipinski definition) is 2. The molecule has 0 spiro atoms. The highest BCUT2D eigenvalue weighted by molar-refractivity contribution is 6.02. The molecule has 24 heavy (non-hydrogen) atoms. The molecular weight excluding hydrogens is 304 g/mol. The number of allylic oxidation sites excluding steroid dienone is 1. The lowest BCUT2D eigenvalue weighted by Gasteiger charge is -2.27. The third-order valence-corrected chi connectivity index (χ3v) is 4.30. The van der Waals surface area contributed by atoms with Crippen molar-refractivity contribution in [1.82, 2.24) is 15.0 Å². The lowest BCUT2D eigenvalue weighted by molar-refractivity contribution is -0.141. The summed E-state index contributed by atoms with van der Waals surface area (Å²) in [5.74, 6) is -0.480. The van der Waals surface area contributed by atoms with Gasteiger partial charge in [-0.2, -0.15) is 0 Å². The second kappa shape index (κ2) is 5.81. The molecule has 0 amide bonds. The fraction of sp³-hybridized carbons (Fsp3) is 0.167. The van der Waals surface area contributed by atoms with E-state index in [1.165, 1.54) is 6.33 Å². The number of anilines is 1. The van der Waals surface area contributed by atoms with Crippen molar-refractivity contribution >= 4 is 22.7 Å². The molecule has 0 saturated carbocycles. The zero-order valence-electron chi connectivity index (χ0n) is 12.9. The first-order chi connectivity index (χ1) is 11.7. The van der Waals surface area contributed by atoms with Gasteiger partial charge in [0.25, 0.3) is 0 Å². The first-order valence-electron chi connectivity index (χ1n) is 7.77. The van der Waals surface area contributed by atoms with Crippen LogP contribution in [-0.4, -0.2) is 32.6 Å². The number of carboxylic acids is 1. The van der Waals surface area contributed by atoms with Crippen molar-refractivity contribution < 1.29 is 9.90 Å². The molecule has 3 heterocycles. The van der Waals surface area contributed by atoms with E-state index in [4.69, 9.17) is 0 Å². The second-order valence-electron chi connectivity index (χ2n) is 5.80. The third kappa shape index (κ3) is 2.42. The van der Waals surface area contributed by atoms with Gasteiger partial charge in [-0.05, 0) is 29.7 Å². The number of nitrogens with zero attached hydrogens (tertiary/aromatic N) is 3. The summed E-state index contributed by atoms with van der Waals surface area (Å²) in [6, 6.07) is 7.94. The highest BCUT2D eigenvalue weighted by Gasteiger charge is 2.25. The van der Waals surface area contributed by atoms with Crippen LogP contribution in [0.2, 0.25) is 0 Å². The van der Waals surface area contributed by atoms with Crippen molar-refractivity contribution in [1.29, 1.82) is 0 Å². The maximum Gasteiger partial charge on any atom is 0.308 e. The zero-order chi connectivity index (χ0) is 16.5. The van der Waals surface area contributed by atoms with Crippen LogP contribution in [0.15, 0.2) is 55.3 Å². The first-order valence-corrected chi connectivity index (χ1v) is 7.77.